The van der Waals surface area contributed by atoms with Crippen molar-refractivity contribution in [3.63, 3.8) is 0 Å². The first-order chi connectivity index (χ1) is 7.88. The average molecular weight is 232 g/mol. The summed E-state index contributed by atoms with van der Waals surface area (Å²) in [6.45, 7) is 11.2. The molecule has 1 saturated carbocycles. The summed E-state index contributed by atoms with van der Waals surface area (Å²) in [4.78, 5) is 0. The molecule has 17 heavy (non-hydrogen) atoms. The molecule has 1 aliphatic carbocycles. The van der Waals surface area contributed by atoms with Crippen LogP contribution in [-0.4, -0.2) is 6.10 Å². The van der Waals surface area contributed by atoms with Crippen LogP contribution >= 0.6 is 0 Å². The van der Waals surface area contributed by atoms with Gasteiger partial charge in [0.1, 0.15) is 5.75 Å². The van der Waals surface area contributed by atoms with Crippen LogP contribution in [0.3, 0.4) is 0 Å². The maximum absolute atomic E-state index is 6.07. The number of hydrogen-bond donors (Lipinski definition) is 0. The SMILES string of the molecule is CC(C)c1ccc(C(C)(C)C)c(OC2CC2)c1. The van der Waals surface area contributed by atoms with Crippen LogP contribution in [0.25, 0.3) is 0 Å². The van der Waals surface area contributed by atoms with Crippen LogP contribution in [0, 0.1) is 0 Å². The summed E-state index contributed by atoms with van der Waals surface area (Å²) in [7, 11) is 0. The van der Waals surface area contributed by atoms with Gasteiger partial charge in [-0.25, -0.2) is 0 Å². The van der Waals surface area contributed by atoms with E-state index in [4.69, 9.17) is 4.74 Å². The highest BCUT2D eigenvalue weighted by Gasteiger charge is 2.27. The van der Waals surface area contributed by atoms with E-state index in [0.29, 0.717) is 12.0 Å². The van der Waals surface area contributed by atoms with E-state index in [1.807, 2.05) is 0 Å². The van der Waals surface area contributed by atoms with Crippen LogP contribution in [0.5, 0.6) is 5.75 Å². The normalized spacial score (nSPS) is 16.4. The highest BCUT2D eigenvalue weighted by atomic mass is 16.5. The van der Waals surface area contributed by atoms with Gasteiger partial charge >= 0.3 is 0 Å². The summed E-state index contributed by atoms with van der Waals surface area (Å²) < 4.78 is 6.07. The van der Waals surface area contributed by atoms with Crippen molar-refractivity contribution in [1.29, 1.82) is 0 Å². The van der Waals surface area contributed by atoms with Crippen LogP contribution < -0.4 is 4.74 Å². The second-order valence-corrected chi connectivity index (χ2v) is 6.48. The predicted molar refractivity (Wildman–Crippen MR) is 72.9 cm³/mol. The van der Waals surface area contributed by atoms with Gasteiger partial charge in [-0.1, -0.05) is 46.8 Å². The van der Waals surface area contributed by atoms with Gasteiger partial charge in [0.05, 0.1) is 6.10 Å². The minimum atomic E-state index is 0.153. The van der Waals surface area contributed by atoms with E-state index < -0.39 is 0 Å². The molecule has 0 aromatic heterocycles. The van der Waals surface area contributed by atoms with Crippen LogP contribution in [0.2, 0.25) is 0 Å². The molecule has 0 heterocycles. The Hall–Kier alpha value is -0.980. The lowest BCUT2D eigenvalue weighted by atomic mass is 9.85. The van der Waals surface area contributed by atoms with Crippen molar-refractivity contribution < 1.29 is 4.74 Å². The molecule has 0 unspecified atom stereocenters. The molecular formula is C16H24O. The van der Waals surface area contributed by atoms with Crippen molar-refractivity contribution in [3.05, 3.63) is 29.3 Å². The zero-order valence-corrected chi connectivity index (χ0v) is 11.7. The molecule has 0 saturated heterocycles. The van der Waals surface area contributed by atoms with Crippen molar-refractivity contribution in [2.45, 2.75) is 64.9 Å². The molecule has 0 N–H and O–H groups in total. The lowest BCUT2D eigenvalue weighted by molar-refractivity contribution is 0.294. The molecular weight excluding hydrogens is 208 g/mol. The van der Waals surface area contributed by atoms with E-state index in [2.05, 4.69) is 52.8 Å². The van der Waals surface area contributed by atoms with E-state index in [-0.39, 0.29) is 5.41 Å². The zero-order chi connectivity index (χ0) is 12.6. The Morgan fingerprint density at radius 3 is 2.29 bits per heavy atom. The highest BCUT2D eigenvalue weighted by Crippen LogP contribution is 2.37. The Kier molecular flexibility index (Phi) is 3.20. The molecule has 1 fully saturated rings. The Bertz CT molecular complexity index is 394. The summed E-state index contributed by atoms with van der Waals surface area (Å²) in [5.41, 5.74) is 2.85. The molecule has 2 rings (SSSR count). The lowest BCUT2D eigenvalue weighted by Crippen LogP contribution is -2.14. The Morgan fingerprint density at radius 2 is 1.82 bits per heavy atom. The van der Waals surface area contributed by atoms with E-state index in [9.17, 15) is 0 Å². The monoisotopic (exact) mass is 232 g/mol. The van der Waals surface area contributed by atoms with Gasteiger partial charge in [0.2, 0.25) is 0 Å². The summed E-state index contributed by atoms with van der Waals surface area (Å²) in [6.07, 6.45) is 2.91. The van der Waals surface area contributed by atoms with E-state index in [1.165, 1.54) is 24.0 Å². The Balaban J connectivity index is 2.36. The molecule has 94 valence electrons. The molecule has 0 atom stereocenters. The van der Waals surface area contributed by atoms with Crippen molar-refractivity contribution in [2.75, 3.05) is 0 Å². The molecule has 1 aromatic rings. The summed E-state index contributed by atoms with van der Waals surface area (Å²) >= 11 is 0. The fourth-order valence-corrected chi connectivity index (χ4v) is 1.98. The third kappa shape index (κ3) is 3.02. The largest absolute Gasteiger partial charge is 0.490 e. The van der Waals surface area contributed by atoms with Crippen LogP contribution in [0.4, 0.5) is 0 Å². The standard InChI is InChI=1S/C16H24O/c1-11(2)12-6-9-14(16(3,4)5)15(10-12)17-13-7-8-13/h6,9-11,13H,7-8H2,1-5H3. The van der Waals surface area contributed by atoms with Gasteiger partial charge in [0, 0.05) is 0 Å². The first kappa shape index (κ1) is 12.5. The molecule has 0 aliphatic heterocycles. The number of ether oxygens (including phenoxy) is 1. The average Bonchev–Trinajstić information content (AvgIpc) is 2.99. The van der Waals surface area contributed by atoms with Crippen molar-refractivity contribution in [2.24, 2.45) is 0 Å². The van der Waals surface area contributed by atoms with E-state index in [0.717, 1.165) is 5.75 Å². The zero-order valence-electron chi connectivity index (χ0n) is 11.7. The second-order valence-electron chi connectivity index (χ2n) is 6.48. The fraction of sp³-hybridized carbons (Fsp3) is 0.625. The van der Waals surface area contributed by atoms with Crippen LogP contribution in [0.15, 0.2) is 18.2 Å². The van der Waals surface area contributed by atoms with Crippen LogP contribution in [0.1, 0.15) is 64.5 Å². The molecule has 0 bridgehead atoms. The number of rotatable bonds is 3. The third-order valence-corrected chi connectivity index (χ3v) is 3.30. The van der Waals surface area contributed by atoms with Gasteiger partial charge in [-0.3, -0.25) is 0 Å². The predicted octanol–water partition coefficient (Wildman–Crippen LogP) is 4.65. The quantitative estimate of drug-likeness (QED) is 0.737. The third-order valence-electron chi connectivity index (χ3n) is 3.30. The number of hydrogen-bond acceptors (Lipinski definition) is 1. The molecule has 1 aromatic carbocycles. The fourth-order valence-electron chi connectivity index (χ4n) is 1.98. The van der Waals surface area contributed by atoms with Gasteiger partial charge in [0.25, 0.3) is 0 Å². The molecule has 1 aliphatic rings. The minimum absolute atomic E-state index is 0.153. The smallest absolute Gasteiger partial charge is 0.123 e. The second kappa shape index (κ2) is 4.36. The first-order valence-electron chi connectivity index (χ1n) is 6.69. The van der Waals surface area contributed by atoms with Gasteiger partial charge in [0.15, 0.2) is 0 Å². The van der Waals surface area contributed by atoms with Gasteiger partial charge in [-0.15, -0.1) is 0 Å². The molecule has 0 amide bonds. The topological polar surface area (TPSA) is 9.23 Å². The maximum atomic E-state index is 6.07. The molecule has 0 spiro atoms. The molecule has 1 nitrogen and oxygen atoms in total. The molecule has 1 heteroatoms. The number of benzene rings is 1. The van der Waals surface area contributed by atoms with Crippen molar-refractivity contribution in [1.82, 2.24) is 0 Å². The summed E-state index contributed by atoms with van der Waals surface area (Å²) in [5, 5.41) is 0. The van der Waals surface area contributed by atoms with Gasteiger partial charge < -0.3 is 4.74 Å². The lowest BCUT2D eigenvalue weighted by Gasteiger charge is -2.24. The van der Waals surface area contributed by atoms with E-state index in [1.54, 1.807) is 0 Å². The minimum Gasteiger partial charge on any atom is -0.490 e. The highest BCUT2D eigenvalue weighted by molar-refractivity contribution is 5.42. The van der Waals surface area contributed by atoms with Gasteiger partial charge in [-0.05, 0) is 41.4 Å². The van der Waals surface area contributed by atoms with Gasteiger partial charge in [-0.2, -0.15) is 0 Å². The first-order valence-corrected chi connectivity index (χ1v) is 6.69. The summed E-state index contributed by atoms with van der Waals surface area (Å²) in [6, 6.07) is 6.72. The summed E-state index contributed by atoms with van der Waals surface area (Å²) in [5.74, 6) is 1.66. The van der Waals surface area contributed by atoms with Crippen molar-refractivity contribution in [3.8, 4) is 5.75 Å². The van der Waals surface area contributed by atoms with Crippen molar-refractivity contribution >= 4 is 0 Å². The van der Waals surface area contributed by atoms with Crippen LogP contribution in [-0.2, 0) is 5.41 Å². The molecule has 0 radical (unpaired) electrons. The maximum Gasteiger partial charge on any atom is 0.123 e. The Labute approximate surface area is 105 Å². The van der Waals surface area contributed by atoms with E-state index >= 15 is 0 Å². The Morgan fingerprint density at radius 1 is 1.18 bits per heavy atom.